The van der Waals surface area contributed by atoms with Gasteiger partial charge in [-0.05, 0) is 38.1 Å². The minimum absolute atomic E-state index is 0.165. The third-order valence-electron chi connectivity index (χ3n) is 5.55. The number of ether oxygens (including phenoxy) is 2. The van der Waals surface area contributed by atoms with Gasteiger partial charge in [-0.1, -0.05) is 12.5 Å². The van der Waals surface area contributed by atoms with E-state index in [9.17, 15) is 4.79 Å². The molecule has 0 aromatic carbocycles. The Kier molecular flexibility index (Phi) is 5.23. The predicted molar refractivity (Wildman–Crippen MR) is 113 cm³/mol. The molecule has 0 amide bonds. The Morgan fingerprint density at radius 1 is 1.20 bits per heavy atom. The molecule has 8 nitrogen and oxygen atoms in total. The van der Waals surface area contributed by atoms with Crippen LogP contribution in [0.25, 0.3) is 5.52 Å². The molecule has 8 heteroatoms. The van der Waals surface area contributed by atoms with Crippen LogP contribution in [0.4, 0.5) is 5.69 Å². The molecule has 30 heavy (non-hydrogen) atoms. The van der Waals surface area contributed by atoms with Crippen molar-refractivity contribution < 1.29 is 14.3 Å². The number of likely N-dealkylation sites (tertiary alicyclic amines) is 1. The largest absolute Gasteiger partial charge is 0.490 e. The van der Waals surface area contributed by atoms with Crippen LogP contribution in [0.2, 0.25) is 0 Å². The number of nitrogens with one attached hydrogen (secondary N) is 1. The quantitative estimate of drug-likeness (QED) is 0.766. The molecule has 2 aromatic rings. The molecule has 2 aliphatic heterocycles. The fourth-order valence-corrected chi connectivity index (χ4v) is 3.98. The van der Waals surface area contributed by atoms with Crippen LogP contribution in [0.15, 0.2) is 53.0 Å². The van der Waals surface area contributed by atoms with Gasteiger partial charge >= 0.3 is 0 Å². The average Bonchev–Trinajstić information content (AvgIpc) is 3.12. The van der Waals surface area contributed by atoms with E-state index >= 15 is 0 Å². The Hall–Kier alpha value is -3.13. The first-order valence-electron chi connectivity index (χ1n) is 10.5. The van der Waals surface area contributed by atoms with E-state index in [1.165, 1.54) is 25.3 Å². The number of rotatable bonds is 5. The van der Waals surface area contributed by atoms with Crippen LogP contribution in [0.5, 0.6) is 5.88 Å². The molecule has 1 N–H and O–H groups in total. The first kappa shape index (κ1) is 18.9. The van der Waals surface area contributed by atoms with Crippen molar-refractivity contribution in [1.29, 1.82) is 0 Å². The molecule has 1 aliphatic carbocycles. The molecule has 156 valence electrons. The Labute approximate surface area is 174 Å². The summed E-state index contributed by atoms with van der Waals surface area (Å²) < 4.78 is 13.4. The van der Waals surface area contributed by atoms with E-state index < -0.39 is 0 Å². The van der Waals surface area contributed by atoms with Gasteiger partial charge in [0.2, 0.25) is 5.78 Å². The summed E-state index contributed by atoms with van der Waals surface area (Å²) in [6.07, 6.45) is 8.88. The van der Waals surface area contributed by atoms with Crippen LogP contribution in [0, 0.1) is 0 Å². The van der Waals surface area contributed by atoms with Crippen molar-refractivity contribution >= 4 is 22.7 Å². The van der Waals surface area contributed by atoms with Gasteiger partial charge in [0.1, 0.15) is 24.7 Å². The van der Waals surface area contributed by atoms with Crippen LogP contribution in [0.3, 0.4) is 0 Å². The second kappa shape index (κ2) is 8.31. The monoisotopic (exact) mass is 407 g/mol. The highest BCUT2D eigenvalue weighted by Gasteiger charge is 2.24. The van der Waals surface area contributed by atoms with Gasteiger partial charge < -0.3 is 14.8 Å². The van der Waals surface area contributed by atoms with E-state index in [-0.39, 0.29) is 5.78 Å². The molecule has 4 heterocycles. The Bertz CT molecular complexity index is 1050. The smallest absolute Gasteiger partial charge is 0.260 e. The number of hydrogen-bond acceptors (Lipinski definition) is 7. The van der Waals surface area contributed by atoms with E-state index in [0.717, 1.165) is 25.2 Å². The molecular formula is C22H25N5O3. The summed E-state index contributed by atoms with van der Waals surface area (Å²) in [4.78, 5) is 19.7. The molecule has 0 bridgehead atoms. The predicted octanol–water partition coefficient (Wildman–Crippen LogP) is 2.24. The minimum Gasteiger partial charge on any atom is -0.490 e. The Balaban J connectivity index is 1.42. The number of allylic oxidation sites excluding steroid dienone is 2. The van der Waals surface area contributed by atoms with Crippen molar-refractivity contribution in [3.05, 3.63) is 48.0 Å². The maximum absolute atomic E-state index is 12.6. The molecule has 0 atom stereocenters. The highest BCUT2D eigenvalue weighted by atomic mass is 16.5. The lowest BCUT2D eigenvalue weighted by Crippen LogP contribution is -2.33. The van der Waals surface area contributed by atoms with E-state index in [4.69, 9.17) is 9.47 Å². The molecule has 0 radical (unpaired) electrons. The summed E-state index contributed by atoms with van der Waals surface area (Å²) >= 11 is 0. The van der Waals surface area contributed by atoms with E-state index in [1.54, 1.807) is 10.6 Å². The zero-order chi connectivity index (χ0) is 20.3. The van der Waals surface area contributed by atoms with Gasteiger partial charge in [-0.25, -0.2) is 9.51 Å². The standard InChI is InChI=1S/C22H25N5O3/c28-19-14-17-20(29-12-7-23-17)15-16(19)24-21-18-6-2-5-10-27(18)25-22(21)30-13-11-26-8-3-1-4-9-26/h2,5-6,10,14-15,23H,1,3-4,7-9,11-13H2. The second-order valence-electron chi connectivity index (χ2n) is 7.64. The van der Waals surface area contributed by atoms with Crippen LogP contribution in [-0.2, 0) is 9.53 Å². The summed E-state index contributed by atoms with van der Waals surface area (Å²) in [7, 11) is 0. The molecule has 0 saturated carbocycles. The third kappa shape index (κ3) is 3.82. The molecule has 2 saturated heterocycles. The van der Waals surface area contributed by atoms with E-state index in [1.807, 2.05) is 24.4 Å². The fourth-order valence-electron chi connectivity index (χ4n) is 3.98. The zero-order valence-electron chi connectivity index (χ0n) is 16.8. The fraction of sp³-hybridized carbons (Fsp3) is 0.409. The number of ketones is 1. The van der Waals surface area contributed by atoms with Crippen molar-refractivity contribution in [2.45, 2.75) is 19.3 Å². The number of hydrogen-bond donors (Lipinski definition) is 1. The minimum atomic E-state index is -0.165. The second-order valence-corrected chi connectivity index (χ2v) is 7.64. The van der Waals surface area contributed by atoms with Crippen LogP contribution < -0.4 is 10.1 Å². The maximum Gasteiger partial charge on any atom is 0.260 e. The van der Waals surface area contributed by atoms with Crippen molar-refractivity contribution in [1.82, 2.24) is 19.8 Å². The van der Waals surface area contributed by atoms with Gasteiger partial charge in [-0.3, -0.25) is 9.69 Å². The number of nitrogens with zero attached hydrogens (tertiary/aromatic N) is 4. The number of morpholine rings is 1. The Morgan fingerprint density at radius 2 is 2.10 bits per heavy atom. The first-order valence-corrected chi connectivity index (χ1v) is 10.5. The van der Waals surface area contributed by atoms with Crippen molar-refractivity contribution in [3.63, 3.8) is 0 Å². The lowest BCUT2D eigenvalue weighted by atomic mass is 10.1. The SMILES string of the molecule is O=C1C=C2NCCOC2=CC1=Nc1c(OCCN2CCCCC2)nn2ccccc12. The number of carbonyl (C=O) groups is 1. The van der Waals surface area contributed by atoms with Gasteiger partial charge in [-0.2, -0.15) is 0 Å². The summed E-state index contributed by atoms with van der Waals surface area (Å²) in [5.74, 6) is 0.916. The van der Waals surface area contributed by atoms with Crippen molar-refractivity contribution in [2.24, 2.45) is 4.99 Å². The lowest BCUT2D eigenvalue weighted by molar-refractivity contribution is -0.109. The molecule has 2 fully saturated rings. The van der Waals surface area contributed by atoms with Crippen molar-refractivity contribution in [3.8, 4) is 5.88 Å². The topological polar surface area (TPSA) is 80.5 Å². The van der Waals surface area contributed by atoms with E-state index in [0.29, 0.717) is 48.5 Å². The normalized spacial score (nSPS) is 20.9. The molecule has 0 spiro atoms. The molecule has 5 rings (SSSR count). The summed E-state index contributed by atoms with van der Waals surface area (Å²) in [6, 6.07) is 5.74. The molecule has 3 aliphatic rings. The highest BCUT2D eigenvalue weighted by Crippen LogP contribution is 2.33. The van der Waals surface area contributed by atoms with Crippen molar-refractivity contribution in [2.75, 3.05) is 39.4 Å². The van der Waals surface area contributed by atoms with Crippen LogP contribution >= 0.6 is 0 Å². The van der Waals surface area contributed by atoms with E-state index in [2.05, 4.69) is 20.3 Å². The number of piperidine rings is 1. The number of aromatic nitrogens is 2. The van der Waals surface area contributed by atoms with Gasteiger partial charge in [-0.15, -0.1) is 5.10 Å². The maximum atomic E-state index is 12.6. The molecule has 2 aromatic heterocycles. The highest BCUT2D eigenvalue weighted by molar-refractivity contribution is 6.49. The van der Waals surface area contributed by atoms with Crippen LogP contribution in [0.1, 0.15) is 19.3 Å². The number of carbonyl (C=O) groups excluding carboxylic acids is 1. The first-order chi connectivity index (χ1) is 14.8. The molecule has 0 unspecified atom stereocenters. The van der Waals surface area contributed by atoms with Crippen LogP contribution in [-0.4, -0.2) is 65.4 Å². The Morgan fingerprint density at radius 3 is 3.00 bits per heavy atom. The van der Waals surface area contributed by atoms with Gasteiger partial charge in [0.15, 0.2) is 5.69 Å². The third-order valence-corrected chi connectivity index (χ3v) is 5.55. The number of pyridine rings is 1. The molecular weight excluding hydrogens is 382 g/mol. The number of fused-ring (bicyclic) bond motifs is 2. The van der Waals surface area contributed by atoms with Gasteiger partial charge in [0, 0.05) is 31.4 Å². The summed E-state index contributed by atoms with van der Waals surface area (Å²) in [5, 5.41) is 7.72. The summed E-state index contributed by atoms with van der Waals surface area (Å²) in [5.41, 5.74) is 2.39. The average molecular weight is 407 g/mol. The lowest BCUT2D eigenvalue weighted by Gasteiger charge is -2.25. The van der Waals surface area contributed by atoms with Gasteiger partial charge in [0.25, 0.3) is 5.88 Å². The summed E-state index contributed by atoms with van der Waals surface area (Å²) in [6.45, 7) is 4.88. The number of aliphatic imine (C=N–C) groups is 1. The zero-order valence-corrected chi connectivity index (χ0v) is 16.8. The van der Waals surface area contributed by atoms with Gasteiger partial charge in [0.05, 0.1) is 11.2 Å².